The summed E-state index contributed by atoms with van der Waals surface area (Å²) >= 11 is 0. The largest absolute Gasteiger partial charge is 0.496 e. The first-order chi connectivity index (χ1) is 8.76. The van der Waals surface area contributed by atoms with Crippen molar-refractivity contribution in [3.8, 4) is 5.75 Å². The van der Waals surface area contributed by atoms with Crippen molar-refractivity contribution < 1.29 is 14.3 Å². The number of aryl methyl sites for hydroxylation is 1. The number of ether oxygens (including phenoxy) is 2. The minimum absolute atomic E-state index is 0.361. The molecule has 0 spiro atoms. The Kier molecular flexibility index (Phi) is 2.44. The smallest absolute Gasteiger partial charge is 0.338 e. The van der Waals surface area contributed by atoms with E-state index in [0.29, 0.717) is 5.56 Å². The molecule has 1 aliphatic rings. The Bertz CT molecular complexity index is 649. The van der Waals surface area contributed by atoms with Gasteiger partial charge in [-0.05, 0) is 25.0 Å². The third-order valence-corrected chi connectivity index (χ3v) is 3.37. The van der Waals surface area contributed by atoms with Gasteiger partial charge in [0.1, 0.15) is 5.75 Å². The van der Waals surface area contributed by atoms with Gasteiger partial charge in [-0.1, -0.05) is 6.07 Å². The maximum absolute atomic E-state index is 11.8. The highest BCUT2D eigenvalue weighted by Gasteiger charge is 2.25. The quantitative estimate of drug-likeness (QED) is 0.758. The van der Waals surface area contributed by atoms with Gasteiger partial charge in [0.05, 0.1) is 30.7 Å². The van der Waals surface area contributed by atoms with Crippen LogP contribution in [-0.2, 0) is 17.6 Å². The molecule has 1 aliphatic carbocycles. The standard InChI is InChI=1S/C14H13NO3/c1-17-13-8-6-7-10(8)15-11-5-3-4-9(12(11)13)14(16)18-2/h3-5H,6-7H2,1-2H3. The number of carbonyl (C=O) groups is 1. The van der Waals surface area contributed by atoms with E-state index in [2.05, 4.69) is 4.98 Å². The molecule has 2 aromatic rings. The molecule has 92 valence electrons. The van der Waals surface area contributed by atoms with Crippen LogP contribution in [0, 0.1) is 0 Å². The van der Waals surface area contributed by atoms with Crippen LogP contribution >= 0.6 is 0 Å². The summed E-state index contributed by atoms with van der Waals surface area (Å²) in [5.74, 6) is 0.405. The number of methoxy groups -OCH3 is 2. The van der Waals surface area contributed by atoms with Gasteiger partial charge in [0, 0.05) is 11.3 Å². The number of fused-ring (bicyclic) bond motifs is 2. The van der Waals surface area contributed by atoms with Gasteiger partial charge < -0.3 is 9.47 Å². The molecule has 4 nitrogen and oxygen atoms in total. The van der Waals surface area contributed by atoms with Gasteiger partial charge in [0.15, 0.2) is 0 Å². The highest BCUT2D eigenvalue weighted by atomic mass is 16.5. The van der Waals surface area contributed by atoms with Crippen LogP contribution in [0.2, 0.25) is 0 Å². The van der Waals surface area contributed by atoms with Gasteiger partial charge >= 0.3 is 5.97 Å². The molecule has 1 aromatic carbocycles. The Morgan fingerprint density at radius 1 is 1.28 bits per heavy atom. The maximum Gasteiger partial charge on any atom is 0.338 e. The third-order valence-electron chi connectivity index (χ3n) is 3.37. The Morgan fingerprint density at radius 3 is 2.72 bits per heavy atom. The lowest BCUT2D eigenvalue weighted by molar-refractivity contribution is 0.0602. The second kappa shape index (κ2) is 3.98. The molecule has 0 amide bonds. The molecule has 3 rings (SSSR count). The summed E-state index contributed by atoms with van der Waals surface area (Å²) in [5, 5.41) is 0.755. The number of carbonyl (C=O) groups excluding carboxylic acids is 1. The molecule has 0 saturated carbocycles. The van der Waals surface area contributed by atoms with Gasteiger partial charge in [0.2, 0.25) is 0 Å². The summed E-state index contributed by atoms with van der Waals surface area (Å²) in [4.78, 5) is 16.4. The monoisotopic (exact) mass is 243 g/mol. The van der Waals surface area contributed by atoms with E-state index in [-0.39, 0.29) is 5.97 Å². The molecule has 0 N–H and O–H groups in total. The summed E-state index contributed by atoms with van der Waals surface area (Å²) in [6, 6.07) is 5.44. The minimum Gasteiger partial charge on any atom is -0.496 e. The Morgan fingerprint density at radius 2 is 2.11 bits per heavy atom. The summed E-state index contributed by atoms with van der Waals surface area (Å²) in [6.45, 7) is 0. The molecule has 0 atom stereocenters. The SMILES string of the molecule is COC(=O)c1cccc2nc3c(c(OC)c12)CC3. The Hall–Kier alpha value is -2.10. The lowest BCUT2D eigenvalue weighted by Gasteiger charge is -2.23. The van der Waals surface area contributed by atoms with E-state index in [0.717, 1.165) is 40.8 Å². The van der Waals surface area contributed by atoms with Crippen LogP contribution in [0.15, 0.2) is 18.2 Å². The first-order valence-electron chi connectivity index (χ1n) is 5.83. The Balaban J connectivity index is 2.38. The number of rotatable bonds is 2. The maximum atomic E-state index is 11.8. The van der Waals surface area contributed by atoms with Crippen molar-refractivity contribution in [3.63, 3.8) is 0 Å². The van der Waals surface area contributed by atoms with E-state index < -0.39 is 0 Å². The van der Waals surface area contributed by atoms with E-state index >= 15 is 0 Å². The van der Waals surface area contributed by atoms with Crippen molar-refractivity contribution in [3.05, 3.63) is 35.0 Å². The van der Waals surface area contributed by atoms with Gasteiger partial charge in [-0.15, -0.1) is 0 Å². The van der Waals surface area contributed by atoms with Crippen molar-refractivity contribution in [2.75, 3.05) is 14.2 Å². The van der Waals surface area contributed by atoms with Crippen LogP contribution in [0.4, 0.5) is 0 Å². The van der Waals surface area contributed by atoms with Gasteiger partial charge in [0.25, 0.3) is 0 Å². The Labute approximate surface area is 105 Å². The normalized spacial score (nSPS) is 12.8. The zero-order valence-electron chi connectivity index (χ0n) is 10.3. The molecular formula is C14H13NO3. The molecule has 0 radical (unpaired) electrons. The number of nitrogens with zero attached hydrogens (tertiary/aromatic N) is 1. The molecule has 1 aromatic heterocycles. The lowest BCUT2D eigenvalue weighted by atomic mass is 9.90. The van der Waals surface area contributed by atoms with Crippen molar-refractivity contribution >= 4 is 16.9 Å². The van der Waals surface area contributed by atoms with Crippen LogP contribution < -0.4 is 4.74 Å². The average Bonchev–Trinajstić information content (AvgIpc) is 2.38. The number of aromatic nitrogens is 1. The first-order valence-corrected chi connectivity index (χ1v) is 5.83. The summed E-state index contributed by atoms with van der Waals surface area (Å²) in [7, 11) is 3.00. The third kappa shape index (κ3) is 1.38. The molecular weight excluding hydrogens is 230 g/mol. The zero-order valence-corrected chi connectivity index (χ0v) is 10.3. The average molecular weight is 243 g/mol. The van der Waals surface area contributed by atoms with E-state index in [9.17, 15) is 4.79 Å². The summed E-state index contributed by atoms with van der Waals surface area (Å²) in [6.07, 6.45) is 1.93. The number of benzene rings is 1. The second-order valence-electron chi connectivity index (χ2n) is 4.26. The predicted molar refractivity (Wildman–Crippen MR) is 67.0 cm³/mol. The number of pyridine rings is 1. The van der Waals surface area contributed by atoms with Gasteiger partial charge in [-0.3, -0.25) is 4.98 Å². The van der Waals surface area contributed by atoms with Crippen molar-refractivity contribution in [1.82, 2.24) is 4.98 Å². The first kappa shape index (κ1) is 11.0. The summed E-state index contributed by atoms with van der Waals surface area (Å²) in [5.41, 5.74) is 3.48. The van der Waals surface area contributed by atoms with E-state index in [1.54, 1.807) is 13.2 Å². The number of hydrogen-bond donors (Lipinski definition) is 0. The molecule has 0 fully saturated rings. The highest BCUT2D eigenvalue weighted by Crippen LogP contribution is 2.38. The molecule has 0 saturated heterocycles. The van der Waals surface area contributed by atoms with Crippen molar-refractivity contribution in [2.45, 2.75) is 12.8 Å². The molecule has 0 bridgehead atoms. The van der Waals surface area contributed by atoms with Gasteiger partial charge in [-0.25, -0.2) is 4.79 Å². The topological polar surface area (TPSA) is 48.4 Å². The lowest BCUT2D eigenvalue weighted by Crippen LogP contribution is -2.14. The highest BCUT2D eigenvalue weighted by molar-refractivity contribution is 6.06. The summed E-state index contributed by atoms with van der Waals surface area (Å²) < 4.78 is 10.3. The zero-order chi connectivity index (χ0) is 12.7. The number of esters is 1. The molecule has 4 heteroatoms. The van der Waals surface area contributed by atoms with E-state index in [4.69, 9.17) is 9.47 Å². The van der Waals surface area contributed by atoms with E-state index in [1.807, 2.05) is 12.1 Å². The van der Waals surface area contributed by atoms with Crippen LogP contribution in [0.3, 0.4) is 0 Å². The molecule has 0 unspecified atom stereocenters. The van der Waals surface area contributed by atoms with E-state index in [1.165, 1.54) is 7.11 Å². The second-order valence-corrected chi connectivity index (χ2v) is 4.26. The van der Waals surface area contributed by atoms with Crippen molar-refractivity contribution in [2.24, 2.45) is 0 Å². The molecule has 0 aliphatic heterocycles. The number of hydrogen-bond acceptors (Lipinski definition) is 4. The van der Waals surface area contributed by atoms with Crippen molar-refractivity contribution in [1.29, 1.82) is 0 Å². The minimum atomic E-state index is -0.361. The van der Waals surface area contributed by atoms with Gasteiger partial charge in [-0.2, -0.15) is 0 Å². The predicted octanol–water partition coefficient (Wildman–Crippen LogP) is 2.13. The fraction of sp³-hybridized carbons (Fsp3) is 0.286. The fourth-order valence-corrected chi connectivity index (χ4v) is 2.40. The fourth-order valence-electron chi connectivity index (χ4n) is 2.40. The van der Waals surface area contributed by atoms with Crippen LogP contribution in [0.1, 0.15) is 21.6 Å². The molecule has 18 heavy (non-hydrogen) atoms. The van der Waals surface area contributed by atoms with Crippen LogP contribution in [0.25, 0.3) is 10.9 Å². The van der Waals surface area contributed by atoms with Crippen LogP contribution in [-0.4, -0.2) is 25.2 Å². The van der Waals surface area contributed by atoms with Crippen LogP contribution in [0.5, 0.6) is 5.75 Å². The molecule has 1 heterocycles.